The summed E-state index contributed by atoms with van der Waals surface area (Å²) in [4.78, 5) is 28.0. The van der Waals surface area contributed by atoms with E-state index in [4.69, 9.17) is 5.11 Å². The second-order valence-electron chi connectivity index (χ2n) is 6.57. The molecule has 2 aromatic carbocycles. The number of benzene rings is 2. The lowest BCUT2D eigenvalue weighted by atomic mass is 10.0. The highest BCUT2D eigenvalue weighted by Crippen LogP contribution is 2.23. The number of nitrogens with zero attached hydrogens (tertiary/aromatic N) is 1. The molecular formula is C22H20N2O3. The smallest absolute Gasteiger partial charge is 0.166 e. The van der Waals surface area contributed by atoms with Crippen molar-refractivity contribution in [1.82, 2.24) is 9.55 Å². The quantitative estimate of drug-likeness (QED) is 0.490. The van der Waals surface area contributed by atoms with Crippen LogP contribution in [0.4, 0.5) is 0 Å². The van der Waals surface area contributed by atoms with Gasteiger partial charge in [-0.15, -0.1) is 0 Å². The Bertz CT molecular complexity index is 1140. The first-order valence-electron chi connectivity index (χ1n) is 9.00. The van der Waals surface area contributed by atoms with Crippen LogP contribution in [-0.2, 0) is 6.54 Å². The Morgan fingerprint density at radius 3 is 2.56 bits per heavy atom. The summed E-state index contributed by atoms with van der Waals surface area (Å²) in [5.74, 6) is 0.0116. The number of rotatable bonds is 7. The second kappa shape index (κ2) is 7.21. The molecule has 0 saturated heterocycles. The maximum atomic E-state index is 12.7. The molecule has 136 valence electrons. The lowest BCUT2D eigenvalue weighted by Gasteiger charge is -2.06. The van der Waals surface area contributed by atoms with Gasteiger partial charge in [-0.05, 0) is 18.2 Å². The number of aromatic nitrogens is 2. The zero-order chi connectivity index (χ0) is 18.8. The van der Waals surface area contributed by atoms with Gasteiger partial charge in [0.25, 0.3) is 0 Å². The molecule has 0 aliphatic carbocycles. The Morgan fingerprint density at radius 1 is 0.889 bits per heavy atom. The number of Topliss-reactive ketones (excluding diaryl/α,β-unsaturated/α-hetero) is 2. The highest BCUT2D eigenvalue weighted by Gasteiger charge is 2.14. The minimum absolute atomic E-state index is 0.0734. The van der Waals surface area contributed by atoms with Crippen molar-refractivity contribution in [3.8, 4) is 0 Å². The van der Waals surface area contributed by atoms with Gasteiger partial charge in [0, 0.05) is 64.7 Å². The molecule has 0 aliphatic rings. The van der Waals surface area contributed by atoms with Crippen LogP contribution in [0.15, 0.2) is 60.9 Å². The van der Waals surface area contributed by atoms with Crippen LogP contribution in [0.5, 0.6) is 0 Å². The number of carbonyl (C=O) groups is 2. The number of aryl methyl sites for hydroxylation is 1. The Morgan fingerprint density at radius 2 is 1.70 bits per heavy atom. The van der Waals surface area contributed by atoms with Crippen molar-refractivity contribution in [2.75, 3.05) is 6.61 Å². The van der Waals surface area contributed by atoms with Gasteiger partial charge in [-0.25, -0.2) is 0 Å². The first-order valence-corrected chi connectivity index (χ1v) is 9.00. The van der Waals surface area contributed by atoms with Crippen LogP contribution >= 0.6 is 0 Å². The molecule has 5 nitrogen and oxygen atoms in total. The van der Waals surface area contributed by atoms with Gasteiger partial charge in [-0.2, -0.15) is 0 Å². The van der Waals surface area contributed by atoms with Crippen molar-refractivity contribution in [3.05, 3.63) is 72.1 Å². The summed E-state index contributed by atoms with van der Waals surface area (Å²) in [7, 11) is 0. The van der Waals surface area contributed by atoms with Crippen LogP contribution in [0.25, 0.3) is 21.8 Å². The third-order valence-corrected chi connectivity index (χ3v) is 4.92. The van der Waals surface area contributed by atoms with E-state index in [1.54, 1.807) is 12.3 Å². The van der Waals surface area contributed by atoms with Crippen LogP contribution in [-0.4, -0.2) is 32.8 Å². The molecule has 4 aromatic rings. The summed E-state index contributed by atoms with van der Waals surface area (Å²) in [6, 6.07) is 15.2. The van der Waals surface area contributed by atoms with E-state index in [-0.39, 0.29) is 24.6 Å². The summed E-state index contributed by atoms with van der Waals surface area (Å²) in [5.41, 5.74) is 3.20. The maximum absolute atomic E-state index is 12.7. The van der Waals surface area contributed by atoms with Gasteiger partial charge in [0.2, 0.25) is 0 Å². The largest absolute Gasteiger partial charge is 0.396 e. The van der Waals surface area contributed by atoms with Crippen LogP contribution in [0.2, 0.25) is 0 Å². The molecule has 0 atom stereocenters. The normalized spacial score (nSPS) is 11.3. The molecule has 0 fully saturated rings. The Hall–Kier alpha value is -3.18. The number of ketones is 2. The molecule has 2 aromatic heterocycles. The average molecular weight is 360 g/mol. The van der Waals surface area contributed by atoms with E-state index in [1.807, 2.05) is 53.2 Å². The van der Waals surface area contributed by atoms with Gasteiger partial charge < -0.3 is 14.7 Å². The van der Waals surface area contributed by atoms with Crippen LogP contribution in [0.1, 0.15) is 33.6 Å². The summed E-state index contributed by atoms with van der Waals surface area (Å²) < 4.78 is 2.00. The lowest BCUT2D eigenvalue weighted by Crippen LogP contribution is -2.06. The van der Waals surface area contributed by atoms with Gasteiger partial charge in [0.05, 0.1) is 6.61 Å². The Kier molecular flexibility index (Phi) is 4.60. The minimum Gasteiger partial charge on any atom is -0.396 e. The van der Waals surface area contributed by atoms with Crippen molar-refractivity contribution in [2.45, 2.75) is 19.4 Å². The van der Waals surface area contributed by atoms with Crippen molar-refractivity contribution in [2.24, 2.45) is 0 Å². The first kappa shape index (κ1) is 17.2. The number of aliphatic hydroxyl groups excluding tert-OH is 1. The molecular weight excluding hydrogens is 340 g/mol. The van der Waals surface area contributed by atoms with Gasteiger partial charge in [-0.3, -0.25) is 9.59 Å². The number of fused-ring (bicyclic) bond motifs is 2. The number of aromatic amines is 1. The SMILES string of the molecule is O=C(CCn1ccc2c(C(=O)CCO)cccc21)c1c[nH]c2ccccc12. The van der Waals surface area contributed by atoms with E-state index in [2.05, 4.69) is 4.98 Å². The van der Waals surface area contributed by atoms with Crippen molar-refractivity contribution >= 4 is 33.4 Å². The molecule has 0 saturated carbocycles. The van der Waals surface area contributed by atoms with E-state index in [0.717, 1.165) is 21.8 Å². The number of aliphatic hydroxyl groups is 1. The van der Waals surface area contributed by atoms with Gasteiger partial charge in [-0.1, -0.05) is 30.3 Å². The Labute approximate surface area is 156 Å². The number of para-hydroxylation sites is 1. The average Bonchev–Trinajstić information content (AvgIpc) is 3.30. The van der Waals surface area contributed by atoms with Gasteiger partial charge in [0.15, 0.2) is 11.6 Å². The summed E-state index contributed by atoms with van der Waals surface area (Å²) >= 11 is 0. The molecule has 5 heteroatoms. The fourth-order valence-electron chi connectivity index (χ4n) is 3.56. The summed E-state index contributed by atoms with van der Waals surface area (Å²) in [6.07, 6.45) is 4.17. The molecule has 0 amide bonds. The molecule has 0 unspecified atom stereocenters. The lowest BCUT2D eigenvalue weighted by molar-refractivity contribution is 0.0955. The number of hydrogen-bond donors (Lipinski definition) is 2. The predicted octanol–water partition coefficient (Wildman–Crippen LogP) is 3.96. The molecule has 2 N–H and O–H groups in total. The topological polar surface area (TPSA) is 75.1 Å². The molecule has 0 spiro atoms. The standard InChI is InChI=1S/C22H20N2O3/c25-13-10-22(27)17-5-3-7-20-16(17)8-11-24(20)12-9-21(26)18-14-23-19-6-2-1-4-15(18)19/h1-8,11,14,23,25H,9-10,12-13H2. The number of H-pyrrole nitrogens is 1. The van der Waals surface area contributed by atoms with Crippen molar-refractivity contribution < 1.29 is 14.7 Å². The number of hydrogen-bond acceptors (Lipinski definition) is 3. The molecule has 4 rings (SSSR count). The fourth-order valence-corrected chi connectivity index (χ4v) is 3.56. The Balaban J connectivity index is 1.56. The minimum atomic E-state index is -0.158. The van der Waals surface area contributed by atoms with Crippen molar-refractivity contribution in [1.29, 1.82) is 0 Å². The van der Waals surface area contributed by atoms with E-state index >= 15 is 0 Å². The third-order valence-electron chi connectivity index (χ3n) is 4.92. The molecule has 0 aliphatic heterocycles. The zero-order valence-electron chi connectivity index (χ0n) is 14.8. The van der Waals surface area contributed by atoms with Gasteiger partial charge >= 0.3 is 0 Å². The molecule has 27 heavy (non-hydrogen) atoms. The van der Waals surface area contributed by atoms with E-state index in [9.17, 15) is 9.59 Å². The van der Waals surface area contributed by atoms with E-state index in [1.165, 1.54) is 0 Å². The third kappa shape index (κ3) is 3.17. The highest BCUT2D eigenvalue weighted by atomic mass is 16.3. The number of nitrogens with one attached hydrogen (secondary N) is 1. The van der Waals surface area contributed by atoms with Crippen LogP contribution in [0.3, 0.4) is 0 Å². The second-order valence-corrected chi connectivity index (χ2v) is 6.57. The van der Waals surface area contributed by atoms with E-state index < -0.39 is 0 Å². The highest BCUT2D eigenvalue weighted by molar-refractivity contribution is 6.08. The molecule has 0 radical (unpaired) electrons. The first-order chi connectivity index (χ1) is 13.2. The summed E-state index contributed by atoms with van der Waals surface area (Å²) in [5, 5.41) is 10.8. The molecule has 0 bridgehead atoms. The maximum Gasteiger partial charge on any atom is 0.166 e. The summed E-state index contributed by atoms with van der Waals surface area (Å²) in [6.45, 7) is 0.383. The van der Waals surface area contributed by atoms with Crippen molar-refractivity contribution in [3.63, 3.8) is 0 Å². The fraction of sp³-hybridized carbons (Fsp3) is 0.182. The number of carbonyl (C=O) groups excluding carboxylic acids is 2. The molecule has 2 heterocycles. The van der Waals surface area contributed by atoms with Gasteiger partial charge in [0.1, 0.15) is 0 Å². The van der Waals surface area contributed by atoms with E-state index in [0.29, 0.717) is 24.1 Å². The zero-order valence-corrected chi connectivity index (χ0v) is 14.8. The monoisotopic (exact) mass is 360 g/mol. The van der Waals surface area contributed by atoms with Crippen LogP contribution < -0.4 is 0 Å². The van der Waals surface area contributed by atoms with Crippen LogP contribution in [0, 0.1) is 0 Å². The predicted molar refractivity (Wildman–Crippen MR) is 105 cm³/mol.